The fourth-order valence-electron chi connectivity index (χ4n) is 0.888. The first-order chi connectivity index (χ1) is 6.52. The number of hydrogen-bond acceptors (Lipinski definition) is 0. The van der Waals surface area contributed by atoms with Crippen LogP contribution in [0.4, 0.5) is 0 Å². The summed E-state index contributed by atoms with van der Waals surface area (Å²) in [6.07, 6.45) is 2.33. The lowest BCUT2D eigenvalue weighted by Crippen LogP contribution is -2.26. The Kier molecular flexibility index (Phi) is 11.9. The van der Waals surface area contributed by atoms with Gasteiger partial charge < -0.3 is 0 Å². The lowest BCUT2D eigenvalue weighted by atomic mass is 10.1. The van der Waals surface area contributed by atoms with Crippen LogP contribution in [0.2, 0.25) is 0 Å². The smallest absolute Gasteiger partial charge is 0.0404 e. The molecule has 4 unspecified atom stereocenters. The van der Waals surface area contributed by atoms with Crippen molar-refractivity contribution in [1.29, 1.82) is 0 Å². The topological polar surface area (TPSA) is 0 Å². The van der Waals surface area contributed by atoms with Crippen molar-refractivity contribution in [3.8, 4) is 0 Å². The molecular weight excluding hydrogens is 576 g/mol. The van der Waals surface area contributed by atoms with Crippen LogP contribution in [0.3, 0.4) is 0 Å². The van der Waals surface area contributed by atoms with E-state index in [1.165, 1.54) is 6.42 Å². The van der Waals surface area contributed by atoms with Crippen molar-refractivity contribution in [1.82, 2.24) is 0 Å². The van der Waals surface area contributed by atoms with E-state index in [4.69, 9.17) is 0 Å². The third-order valence-electron chi connectivity index (χ3n) is 1.76. The fourth-order valence-corrected chi connectivity index (χ4v) is 4.24. The minimum absolute atomic E-state index is 0.455. The first kappa shape index (κ1) is 16.9. The molecule has 0 nitrogen and oxygen atoms in total. The summed E-state index contributed by atoms with van der Waals surface area (Å²) in [5, 5.41) is 1.97. The lowest BCUT2D eigenvalue weighted by Gasteiger charge is -2.21. The number of hydrogen-bond donors (Lipinski definition) is 0. The van der Waals surface area contributed by atoms with Crippen molar-refractivity contribution >= 4 is 95.6 Å². The van der Waals surface area contributed by atoms with Gasteiger partial charge in [0.25, 0.3) is 0 Å². The summed E-state index contributed by atoms with van der Waals surface area (Å²) >= 11 is 21.5. The van der Waals surface area contributed by atoms with E-state index < -0.39 is 0 Å². The number of halogens is 6. The summed E-state index contributed by atoms with van der Waals surface area (Å²) in [6.45, 7) is 0. The molecule has 0 aliphatic carbocycles. The van der Waals surface area contributed by atoms with Gasteiger partial charge in [0.15, 0.2) is 0 Å². The Labute approximate surface area is 136 Å². The van der Waals surface area contributed by atoms with E-state index in [-0.39, 0.29) is 0 Å². The van der Waals surface area contributed by atoms with E-state index >= 15 is 0 Å². The van der Waals surface area contributed by atoms with Crippen molar-refractivity contribution in [2.24, 2.45) is 0 Å². The predicted octanol–water partition coefficient (Wildman–Crippen LogP) is 5.61. The number of alkyl halides is 6. The zero-order chi connectivity index (χ0) is 11.1. The summed E-state index contributed by atoms with van der Waals surface area (Å²) in [7, 11) is 0. The molecule has 0 radical (unpaired) electrons. The molecule has 0 N–H and O–H groups in total. The molecule has 0 aliphatic rings. The van der Waals surface area contributed by atoms with E-state index in [1.807, 2.05) is 0 Å². The number of rotatable bonds is 7. The van der Waals surface area contributed by atoms with Crippen molar-refractivity contribution in [2.45, 2.75) is 32.2 Å². The molecule has 0 saturated heterocycles. The molecular formula is C8H12Br6. The van der Waals surface area contributed by atoms with Crippen LogP contribution in [0, 0.1) is 0 Å². The predicted molar refractivity (Wildman–Crippen MR) is 87.7 cm³/mol. The van der Waals surface area contributed by atoms with E-state index in [9.17, 15) is 0 Å². The standard InChI is InChI=1S/C8H12Br6/c9-3-5(11)1-2-6(12)8(14)7(13)4-10/h5-8H,1-4H2. The summed E-state index contributed by atoms with van der Waals surface area (Å²) < 4.78 is 0. The fraction of sp³-hybridized carbons (Fsp3) is 1.00. The molecule has 6 heteroatoms. The molecule has 0 rings (SSSR count). The lowest BCUT2D eigenvalue weighted by molar-refractivity contribution is 0.688. The molecule has 0 spiro atoms. The van der Waals surface area contributed by atoms with Gasteiger partial charge in [-0.1, -0.05) is 95.6 Å². The van der Waals surface area contributed by atoms with E-state index in [1.54, 1.807) is 0 Å². The van der Waals surface area contributed by atoms with Gasteiger partial charge in [0.2, 0.25) is 0 Å². The van der Waals surface area contributed by atoms with Crippen molar-refractivity contribution in [2.75, 3.05) is 10.7 Å². The Morgan fingerprint density at radius 2 is 1.29 bits per heavy atom. The second kappa shape index (κ2) is 9.86. The van der Waals surface area contributed by atoms with Gasteiger partial charge in [-0.3, -0.25) is 0 Å². The van der Waals surface area contributed by atoms with E-state index in [0.29, 0.717) is 19.3 Å². The summed E-state index contributed by atoms with van der Waals surface area (Å²) in [5.74, 6) is 0. The normalized spacial score (nSPS) is 20.1. The quantitative estimate of drug-likeness (QED) is 0.340. The highest BCUT2D eigenvalue weighted by Gasteiger charge is 2.23. The minimum Gasteiger partial charge on any atom is -0.0916 e. The molecule has 0 fully saturated rings. The van der Waals surface area contributed by atoms with Gasteiger partial charge in [-0.25, -0.2) is 0 Å². The average Bonchev–Trinajstić information content (AvgIpc) is 2.22. The van der Waals surface area contributed by atoms with Crippen molar-refractivity contribution in [3.63, 3.8) is 0 Å². The van der Waals surface area contributed by atoms with Gasteiger partial charge in [-0.2, -0.15) is 0 Å². The van der Waals surface area contributed by atoms with Gasteiger partial charge in [0, 0.05) is 30.0 Å². The van der Waals surface area contributed by atoms with Crippen LogP contribution in [0.5, 0.6) is 0 Å². The van der Waals surface area contributed by atoms with Crippen molar-refractivity contribution in [3.05, 3.63) is 0 Å². The molecule has 86 valence electrons. The Hall–Kier alpha value is 2.88. The summed E-state index contributed by atoms with van der Waals surface area (Å²) in [4.78, 5) is 1.99. The Morgan fingerprint density at radius 3 is 1.71 bits per heavy atom. The highest BCUT2D eigenvalue weighted by Crippen LogP contribution is 2.28. The van der Waals surface area contributed by atoms with Gasteiger partial charge in [0.1, 0.15) is 0 Å². The monoisotopic (exact) mass is 582 g/mol. The zero-order valence-corrected chi connectivity index (χ0v) is 16.9. The third-order valence-corrected chi connectivity index (χ3v) is 10.4. The first-order valence-electron chi connectivity index (χ1n) is 4.21. The molecule has 14 heavy (non-hydrogen) atoms. The maximum atomic E-state index is 3.71. The van der Waals surface area contributed by atoms with Crippen LogP contribution >= 0.6 is 95.6 Å². The van der Waals surface area contributed by atoms with Crippen LogP contribution in [-0.2, 0) is 0 Å². The molecule has 0 amide bonds. The summed E-state index contributed by atoms with van der Waals surface area (Å²) in [5.41, 5.74) is 0. The van der Waals surface area contributed by atoms with Gasteiger partial charge >= 0.3 is 0 Å². The van der Waals surface area contributed by atoms with Gasteiger partial charge in [0.05, 0.1) is 0 Å². The third kappa shape index (κ3) is 7.25. The summed E-state index contributed by atoms with van der Waals surface area (Å²) in [6, 6.07) is 0. The second-order valence-corrected chi connectivity index (χ2v) is 8.96. The van der Waals surface area contributed by atoms with E-state index in [2.05, 4.69) is 95.6 Å². The molecule has 0 aromatic heterocycles. The molecule has 0 aliphatic heterocycles. The highest BCUT2D eigenvalue weighted by atomic mass is 79.9. The Balaban J connectivity index is 3.77. The van der Waals surface area contributed by atoms with Gasteiger partial charge in [-0.05, 0) is 12.8 Å². The first-order valence-corrected chi connectivity index (χ1v) is 10.1. The molecule has 0 bridgehead atoms. The molecule has 0 aromatic rings. The molecule has 0 heterocycles. The maximum absolute atomic E-state index is 3.71. The van der Waals surface area contributed by atoms with Crippen LogP contribution in [0.25, 0.3) is 0 Å². The molecule has 0 saturated carbocycles. The van der Waals surface area contributed by atoms with Crippen molar-refractivity contribution < 1.29 is 0 Å². The van der Waals surface area contributed by atoms with Crippen LogP contribution < -0.4 is 0 Å². The highest BCUT2D eigenvalue weighted by molar-refractivity contribution is 9.14. The van der Waals surface area contributed by atoms with E-state index in [0.717, 1.165) is 17.1 Å². The SMILES string of the molecule is BrCC(Br)CCC(Br)C(Br)C(Br)CBr. The largest absolute Gasteiger partial charge is 0.0916 e. The Morgan fingerprint density at radius 1 is 0.714 bits per heavy atom. The molecule has 0 aromatic carbocycles. The van der Waals surface area contributed by atoms with Crippen LogP contribution in [0.15, 0.2) is 0 Å². The molecule has 4 atom stereocenters. The Bertz CT molecular complexity index is 142. The van der Waals surface area contributed by atoms with Crippen LogP contribution in [-0.4, -0.2) is 30.0 Å². The minimum atomic E-state index is 0.455. The van der Waals surface area contributed by atoms with Crippen LogP contribution in [0.1, 0.15) is 12.8 Å². The zero-order valence-electron chi connectivity index (χ0n) is 7.41. The average molecular weight is 588 g/mol. The van der Waals surface area contributed by atoms with Gasteiger partial charge in [-0.15, -0.1) is 0 Å². The second-order valence-electron chi connectivity index (χ2n) is 2.96. The maximum Gasteiger partial charge on any atom is 0.0404 e.